The molecule has 1 aromatic heterocycles. The first-order valence-electron chi connectivity index (χ1n) is 11.1. The summed E-state index contributed by atoms with van der Waals surface area (Å²) in [6.45, 7) is 8.59. The zero-order valence-corrected chi connectivity index (χ0v) is 17.3. The molecule has 0 N–H and O–H groups in total. The van der Waals surface area contributed by atoms with Gasteiger partial charge in [-0.2, -0.15) is 0 Å². The molecule has 0 unspecified atom stereocenters. The van der Waals surface area contributed by atoms with Crippen molar-refractivity contribution in [2.24, 2.45) is 11.3 Å². The molecule has 0 radical (unpaired) electrons. The van der Waals surface area contributed by atoms with Gasteiger partial charge in [0, 0.05) is 45.0 Å². The molecule has 3 aliphatic rings. The Hall–Kier alpha value is -1.46. The fourth-order valence-electron chi connectivity index (χ4n) is 5.29. The minimum atomic E-state index is 0.288. The van der Waals surface area contributed by atoms with E-state index < -0.39 is 0 Å². The van der Waals surface area contributed by atoms with Gasteiger partial charge < -0.3 is 14.5 Å². The summed E-state index contributed by atoms with van der Waals surface area (Å²) in [6, 6.07) is 3.98. The summed E-state index contributed by atoms with van der Waals surface area (Å²) in [5, 5.41) is 0. The molecule has 5 heteroatoms. The van der Waals surface area contributed by atoms with Crippen LogP contribution in [0, 0.1) is 11.3 Å². The van der Waals surface area contributed by atoms with Gasteiger partial charge in [0.05, 0.1) is 12.7 Å². The number of likely N-dealkylation sites (tertiary alicyclic amines) is 2. The van der Waals surface area contributed by atoms with Crippen LogP contribution in [0.1, 0.15) is 51.0 Å². The van der Waals surface area contributed by atoms with E-state index >= 15 is 0 Å². The van der Waals surface area contributed by atoms with Gasteiger partial charge in [0.15, 0.2) is 0 Å². The van der Waals surface area contributed by atoms with Gasteiger partial charge in [0.2, 0.25) is 5.91 Å². The first-order valence-corrected chi connectivity index (χ1v) is 11.1. The molecule has 3 aliphatic heterocycles. The molecular formula is C23H35N3O2. The zero-order chi connectivity index (χ0) is 19.4. The van der Waals surface area contributed by atoms with E-state index in [1.807, 2.05) is 18.3 Å². The smallest absolute Gasteiger partial charge is 0.222 e. The van der Waals surface area contributed by atoms with Crippen LogP contribution in [-0.4, -0.2) is 66.1 Å². The van der Waals surface area contributed by atoms with Gasteiger partial charge in [-0.1, -0.05) is 13.0 Å². The number of hydrogen-bond acceptors (Lipinski definition) is 4. The van der Waals surface area contributed by atoms with Crippen molar-refractivity contribution in [2.45, 2.75) is 58.0 Å². The highest BCUT2D eigenvalue weighted by molar-refractivity contribution is 5.76. The molecule has 0 aliphatic carbocycles. The van der Waals surface area contributed by atoms with E-state index in [-0.39, 0.29) is 5.91 Å². The van der Waals surface area contributed by atoms with E-state index in [4.69, 9.17) is 4.74 Å². The Bertz CT molecular complexity index is 643. The van der Waals surface area contributed by atoms with E-state index in [9.17, 15) is 4.79 Å². The van der Waals surface area contributed by atoms with Crippen LogP contribution in [0.3, 0.4) is 0 Å². The first-order chi connectivity index (χ1) is 13.6. The summed E-state index contributed by atoms with van der Waals surface area (Å²) in [5.41, 5.74) is 1.45. The summed E-state index contributed by atoms with van der Waals surface area (Å²) >= 11 is 0. The Balaban J connectivity index is 1.21. The molecule has 3 saturated heterocycles. The van der Waals surface area contributed by atoms with Crippen LogP contribution < -0.4 is 0 Å². The Morgan fingerprint density at radius 2 is 2.18 bits per heavy atom. The summed E-state index contributed by atoms with van der Waals surface area (Å²) in [5.74, 6) is 1.11. The third-order valence-electron chi connectivity index (χ3n) is 7.02. The molecule has 154 valence electrons. The maximum Gasteiger partial charge on any atom is 0.222 e. The van der Waals surface area contributed by atoms with Crippen LogP contribution in [0.4, 0.5) is 0 Å². The Morgan fingerprint density at radius 1 is 1.32 bits per heavy atom. The zero-order valence-electron chi connectivity index (χ0n) is 17.3. The SMILES string of the molecule is C[C@H]1CCCN(C[C@H]2CC3(CCN(C(=O)CCc4cccnc4)CC3)CO2)C1. The molecule has 4 rings (SSSR count). The second-order valence-electron chi connectivity index (χ2n) is 9.39. The number of hydrogen-bond donors (Lipinski definition) is 0. The monoisotopic (exact) mass is 385 g/mol. The van der Waals surface area contributed by atoms with Gasteiger partial charge in [-0.15, -0.1) is 0 Å². The van der Waals surface area contributed by atoms with E-state index in [0.29, 0.717) is 17.9 Å². The lowest BCUT2D eigenvalue weighted by atomic mass is 9.76. The lowest BCUT2D eigenvalue weighted by Crippen LogP contribution is -2.44. The lowest BCUT2D eigenvalue weighted by Gasteiger charge is -2.39. The average molecular weight is 386 g/mol. The Morgan fingerprint density at radius 3 is 2.93 bits per heavy atom. The average Bonchev–Trinajstić information content (AvgIpc) is 3.09. The number of piperidine rings is 2. The topological polar surface area (TPSA) is 45.7 Å². The lowest BCUT2D eigenvalue weighted by molar-refractivity contribution is -0.133. The fourth-order valence-corrected chi connectivity index (χ4v) is 5.29. The quantitative estimate of drug-likeness (QED) is 0.781. The molecule has 1 aromatic rings. The summed E-state index contributed by atoms with van der Waals surface area (Å²) in [6.07, 6.45) is 11.5. The second kappa shape index (κ2) is 8.91. The number of carbonyl (C=O) groups is 1. The van der Waals surface area contributed by atoms with Gasteiger partial charge in [-0.3, -0.25) is 9.78 Å². The van der Waals surface area contributed by atoms with Crippen molar-refractivity contribution in [1.82, 2.24) is 14.8 Å². The largest absolute Gasteiger partial charge is 0.376 e. The van der Waals surface area contributed by atoms with Crippen molar-refractivity contribution in [3.8, 4) is 0 Å². The first kappa shape index (κ1) is 19.8. The minimum Gasteiger partial charge on any atom is -0.376 e. The molecule has 5 nitrogen and oxygen atoms in total. The summed E-state index contributed by atoms with van der Waals surface area (Å²) in [4.78, 5) is 21.4. The van der Waals surface area contributed by atoms with E-state index in [1.54, 1.807) is 6.20 Å². The van der Waals surface area contributed by atoms with E-state index in [2.05, 4.69) is 21.7 Å². The van der Waals surface area contributed by atoms with Crippen molar-refractivity contribution in [2.75, 3.05) is 39.3 Å². The maximum atomic E-state index is 12.6. The van der Waals surface area contributed by atoms with Gasteiger partial charge in [-0.25, -0.2) is 0 Å². The molecule has 0 aromatic carbocycles. The van der Waals surface area contributed by atoms with Crippen LogP contribution in [0.15, 0.2) is 24.5 Å². The number of pyridine rings is 1. The number of ether oxygens (including phenoxy) is 1. The number of nitrogens with zero attached hydrogens (tertiary/aromatic N) is 3. The molecule has 2 atom stereocenters. The highest BCUT2D eigenvalue weighted by Gasteiger charge is 2.43. The van der Waals surface area contributed by atoms with Crippen molar-refractivity contribution in [3.05, 3.63) is 30.1 Å². The normalized spacial score (nSPS) is 28.0. The molecule has 0 saturated carbocycles. The maximum absolute atomic E-state index is 12.6. The number of amides is 1. The second-order valence-corrected chi connectivity index (χ2v) is 9.39. The number of rotatable bonds is 5. The van der Waals surface area contributed by atoms with Crippen molar-refractivity contribution in [1.29, 1.82) is 0 Å². The third kappa shape index (κ3) is 4.93. The third-order valence-corrected chi connectivity index (χ3v) is 7.02. The standard InChI is InChI=1S/C23H35N3O2/c1-19-4-3-11-25(16-19)17-21-14-23(18-28-21)8-12-26(13-9-23)22(27)7-6-20-5-2-10-24-15-20/h2,5,10,15,19,21H,3-4,6-9,11-14,16-18H2,1H3/t19-,21+/m0/s1. The van der Waals surface area contributed by atoms with Crippen molar-refractivity contribution in [3.63, 3.8) is 0 Å². The van der Waals surface area contributed by atoms with E-state index in [0.717, 1.165) is 57.0 Å². The van der Waals surface area contributed by atoms with Crippen LogP contribution in [-0.2, 0) is 16.0 Å². The number of aromatic nitrogens is 1. The van der Waals surface area contributed by atoms with Gasteiger partial charge in [-0.05, 0) is 68.0 Å². The molecular weight excluding hydrogens is 350 g/mol. The Kier molecular flexibility index (Phi) is 6.32. The number of carbonyl (C=O) groups excluding carboxylic acids is 1. The number of aryl methyl sites for hydroxylation is 1. The molecule has 1 spiro atoms. The molecule has 4 heterocycles. The van der Waals surface area contributed by atoms with Gasteiger partial charge in [0.1, 0.15) is 0 Å². The van der Waals surface area contributed by atoms with Crippen LogP contribution >= 0.6 is 0 Å². The highest BCUT2D eigenvalue weighted by Crippen LogP contribution is 2.42. The van der Waals surface area contributed by atoms with Crippen LogP contribution in [0.5, 0.6) is 0 Å². The van der Waals surface area contributed by atoms with E-state index in [1.165, 1.54) is 32.4 Å². The molecule has 1 amide bonds. The summed E-state index contributed by atoms with van der Waals surface area (Å²) in [7, 11) is 0. The summed E-state index contributed by atoms with van der Waals surface area (Å²) < 4.78 is 6.23. The molecule has 3 fully saturated rings. The minimum absolute atomic E-state index is 0.288. The Labute approximate surface area is 169 Å². The molecule has 28 heavy (non-hydrogen) atoms. The fraction of sp³-hybridized carbons (Fsp3) is 0.739. The highest BCUT2D eigenvalue weighted by atomic mass is 16.5. The predicted molar refractivity (Wildman–Crippen MR) is 110 cm³/mol. The van der Waals surface area contributed by atoms with Gasteiger partial charge >= 0.3 is 0 Å². The van der Waals surface area contributed by atoms with Crippen LogP contribution in [0.2, 0.25) is 0 Å². The van der Waals surface area contributed by atoms with Crippen LogP contribution in [0.25, 0.3) is 0 Å². The van der Waals surface area contributed by atoms with Crippen molar-refractivity contribution >= 4 is 5.91 Å². The van der Waals surface area contributed by atoms with Gasteiger partial charge in [0.25, 0.3) is 0 Å². The predicted octanol–water partition coefficient (Wildman–Crippen LogP) is 3.14. The van der Waals surface area contributed by atoms with Crippen molar-refractivity contribution < 1.29 is 9.53 Å². The molecule has 0 bridgehead atoms.